The maximum absolute atomic E-state index is 12.6. The summed E-state index contributed by atoms with van der Waals surface area (Å²) in [6, 6.07) is 7.59. The molecule has 0 atom stereocenters. The zero-order valence-electron chi connectivity index (χ0n) is 13.8. The Morgan fingerprint density at radius 2 is 2.08 bits per heavy atom. The van der Waals surface area contributed by atoms with E-state index in [1.165, 1.54) is 0 Å². The van der Waals surface area contributed by atoms with Crippen LogP contribution in [0.15, 0.2) is 53.5 Å². The standard InChI is InChI=1S/C17H17BrClN5O/c1-17(2,24-10-13(18)7-21-24)16(25)22-15-8-20-23(11-15)9-12-4-3-5-14(19)6-12/h3-8,10-11H,9H2,1-2H3,(H,22,25). The molecule has 0 unspecified atom stereocenters. The molecule has 2 heterocycles. The van der Waals surface area contributed by atoms with E-state index in [9.17, 15) is 4.79 Å². The number of nitrogens with one attached hydrogen (secondary N) is 1. The fraction of sp³-hybridized carbons (Fsp3) is 0.235. The van der Waals surface area contributed by atoms with Gasteiger partial charge in [-0.3, -0.25) is 14.2 Å². The van der Waals surface area contributed by atoms with Crippen LogP contribution in [0.1, 0.15) is 19.4 Å². The highest BCUT2D eigenvalue weighted by molar-refractivity contribution is 9.10. The average Bonchev–Trinajstić information content (AvgIpc) is 3.17. The lowest BCUT2D eigenvalue weighted by Crippen LogP contribution is -2.40. The summed E-state index contributed by atoms with van der Waals surface area (Å²) in [5, 5.41) is 12.0. The third-order valence-corrected chi connectivity index (χ3v) is 4.45. The zero-order valence-corrected chi connectivity index (χ0v) is 16.1. The molecule has 0 spiro atoms. The Morgan fingerprint density at radius 3 is 2.76 bits per heavy atom. The molecule has 1 amide bonds. The molecule has 25 heavy (non-hydrogen) atoms. The maximum atomic E-state index is 12.6. The first-order valence-electron chi connectivity index (χ1n) is 7.63. The number of anilines is 1. The van der Waals surface area contributed by atoms with Crippen LogP contribution < -0.4 is 5.32 Å². The number of halogens is 2. The van der Waals surface area contributed by atoms with E-state index < -0.39 is 5.54 Å². The van der Waals surface area contributed by atoms with Crippen LogP contribution in [0.2, 0.25) is 5.02 Å². The van der Waals surface area contributed by atoms with Crippen molar-refractivity contribution in [2.45, 2.75) is 25.9 Å². The summed E-state index contributed by atoms with van der Waals surface area (Å²) in [5.41, 5.74) is 0.836. The van der Waals surface area contributed by atoms with E-state index >= 15 is 0 Å². The summed E-state index contributed by atoms with van der Waals surface area (Å²) in [5.74, 6) is -0.176. The van der Waals surface area contributed by atoms with Crippen LogP contribution in [-0.4, -0.2) is 25.5 Å². The van der Waals surface area contributed by atoms with Crippen LogP contribution in [0, 0.1) is 0 Å². The lowest BCUT2D eigenvalue weighted by atomic mass is 10.1. The van der Waals surface area contributed by atoms with Gasteiger partial charge in [-0.15, -0.1) is 0 Å². The minimum Gasteiger partial charge on any atom is -0.321 e. The normalized spacial score (nSPS) is 11.5. The van der Waals surface area contributed by atoms with Crippen molar-refractivity contribution in [2.24, 2.45) is 0 Å². The van der Waals surface area contributed by atoms with Crippen LogP contribution >= 0.6 is 27.5 Å². The number of hydrogen-bond acceptors (Lipinski definition) is 3. The van der Waals surface area contributed by atoms with Gasteiger partial charge in [0.15, 0.2) is 0 Å². The number of nitrogens with zero attached hydrogens (tertiary/aromatic N) is 4. The molecule has 0 aliphatic carbocycles. The van der Waals surface area contributed by atoms with Crippen molar-refractivity contribution < 1.29 is 4.79 Å². The van der Waals surface area contributed by atoms with Crippen LogP contribution in [0.3, 0.4) is 0 Å². The molecule has 0 aliphatic heterocycles. The Labute approximate surface area is 158 Å². The van der Waals surface area contributed by atoms with Gasteiger partial charge in [0, 0.05) is 17.4 Å². The van der Waals surface area contributed by atoms with E-state index in [0.717, 1.165) is 10.0 Å². The van der Waals surface area contributed by atoms with E-state index in [0.29, 0.717) is 17.3 Å². The van der Waals surface area contributed by atoms with Crippen molar-refractivity contribution in [1.29, 1.82) is 0 Å². The Kier molecular flexibility index (Phi) is 4.96. The van der Waals surface area contributed by atoms with Gasteiger partial charge < -0.3 is 5.32 Å². The molecule has 3 rings (SSSR count). The molecule has 0 aliphatic rings. The van der Waals surface area contributed by atoms with E-state index in [1.807, 2.05) is 24.3 Å². The fourth-order valence-electron chi connectivity index (χ4n) is 2.33. The molecule has 0 fully saturated rings. The molecule has 0 saturated carbocycles. The molecule has 2 aromatic heterocycles. The van der Waals surface area contributed by atoms with Crippen molar-refractivity contribution in [3.05, 3.63) is 64.1 Å². The van der Waals surface area contributed by atoms with Gasteiger partial charge in [0.1, 0.15) is 5.54 Å². The third-order valence-electron chi connectivity index (χ3n) is 3.80. The lowest BCUT2D eigenvalue weighted by Gasteiger charge is -2.23. The maximum Gasteiger partial charge on any atom is 0.251 e. The number of benzene rings is 1. The highest BCUT2D eigenvalue weighted by Gasteiger charge is 2.30. The van der Waals surface area contributed by atoms with Gasteiger partial charge in [0.2, 0.25) is 0 Å². The first-order chi connectivity index (χ1) is 11.8. The van der Waals surface area contributed by atoms with Crippen molar-refractivity contribution >= 4 is 39.1 Å². The number of carbonyl (C=O) groups excluding carboxylic acids is 1. The van der Waals surface area contributed by atoms with E-state index in [-0.39, 0.29) is 5.91 Å². The fourth-order valence-corrected chi connectivity index (χ4v) is 2.83. The topological polar surface area (TPSA) is 64.7 Å². The molecule has 130 valence electrons. The number of rotatable bonds is 5. The van der Waals surface area contributed by atoms with Gasteiger partial charge in [-0.1, -0.05) is 23.7 Å². The molecule has 1 N–H and O–H groups in total. The van der Waals surface area contributed by atoms with Crippen LogP contribution in [0.4, 0.5) is 5.69 Å². The first kappa shape index (κ1) is 17.7. The second kappa shape index (κ2) is 7.01. The summed E-state index contributed by atoms with van der Waals surface area (Å²) in [6.07, 6.45) is 6.83. The van der Waals surface area contributed by atoms with Crippen molar-refractivity contribution in [3.63, 3.8) is 0 Å². The van der Waals surface area contributed by atoms with E-state index in [2.05, 4.69) is 31.4 Å². The predicted molar refractivity (Wildman–Crippen MR) is 101 cm³/mol. The van der Waals surface area contributed by atoms with Crippen molar-refractivity contribution in [3.8, 4) is 0 Å². The van der Waals surface area contributed by atoms with Gasteiger partial charge in [0.25, 0.3) is 5.91 Å². The minimum atomic E-state index is -0.832. The molecule has 0 saturated heterocycles. The van der Waals surface area contributed by atoms with Crippen LogP contribution in [0.25, 0.3) is 0 Å². The van der Waals surface area contributed by atoms with Gasteiger partial charge in [-0.2, -0.15) is 10.2 Å². The molecule has 3 aromatic rings. The van der Waals surface area contributed by atoms with Gasteiger partial charge in [-0.25, -0.2) is 0 Å². The number of hydrogen-bond donors (Lipinski definition) is 1. The lowest BCUT2D eigenvalue weighted by molar-refractivity contribution is -0.123. The summed E-state index contributed by atoms with van der Waals surface area (Å²) in [7, 11) is 0. The number of carbonyl (C=O) groups is 1. The zero-order chi connectivity index (χ0) is 18.0. The van der Waals surface area contributed by atoms with Gasteiger partial charge in [0.05, 0.1) is 29.1 Å². The number of aromatic nitrogens is 4. The second-order valence-corrected chi connectivity index (χ2v) is 7.52. The van der Waals surface area contributed by atoms with Gasteiger partial charge >= 0.3 is 0 Å². The molecular formula is C17H17BrClN5O. The molecular weight excluding hydrogens is 406 g/mol. The minimum absolute atomic E-state index is 0.176. The quantitative estimate of drug-likeness (QED) is 0.678. The smallest absolute Gasteiger partial charge is 0.251 e. The summed E-state index contributed by atoms with van der Waals surface area (Å²) >= 11 is 9.34. The van der Waals surface area contributed by atoms with Gasteiger partial charge in [-0.05, 0) is 47.5 Å². The highest BCUT2D eigenvalue weighted by Crippen LogP contribution is 2.20. The molecule has 0 bridgehead atoms. The Bertz CT molecular complexity index is 902. The van der Waals surface area contributed by atoms with Crippen molar-refractivity contribution in [2.75, 3.05) is 5.32 Å². The van der Waals surface area contributed by atoms with E-state index in [4.69, 9.17) is 11.6 Å². The summed E-state index contributed by atoms with van der Waals surface area (Å²) in [4.78, 5) is 12.6. The predicted octanol–water partition coefficient (Wildman–Crippen LogP) is 3.92. The van der Waals surface area contributed by atoms with Crippen LogP contribution in [0.5, 0.6) is 0 Å². The molecule has 1 aromatic carbocycles. The molecule has 6 nitrogen and oxygen atoms in total. The van der Waals surface area contributed by atoms with Crippen LogP contribution in [-0.2, 0) is 16.9 Å². The number of amides is 1. The largest absolute Gasteiger partial charge is 0.321 e. The second-order valence-electron chi connectivity index (χ2n) is 6.17. The Morgan fingerprint density at radius 1 is 1.28 bits per heavy atom. The summed E-state index contributed by atoms with van der Waals surface area (Å²) < 4.78 is 4.18. The first-order valence-corrected chi connectivity index (χ1v) is 8.81. The Hall–Kier alpha value is -2.12. The average molecular weight is 423 g/mol. The highest BCUT2D eigenvalue weighted by atomic mass is 79.9. The SMILES string of the molecule is CC(C)(C(=O)Nc1cnn(Cc2cccc(Cl)c2)c1)n1cc(Br)cn1. The molecule has 0 radical (unpaired) electrons. The summed E-state index contributed by atoms with van der Waals surface area (Å²) in [6.45, 7) is 4.18. The van der Waals surface area contributed by atoms with E-state index in [1.54, 1.807) is 48.0 Å². The Balaban J connectivity index is 1.69. The third kappa shape index (κ3) is 4.11. The molecule has 8 heteroatoms. The van der Waals surface area contributed by atoms with Crippen molar-refractivity contribution in [1.82, 2.24) is 19.6 Å². The monoisotopic (exact) mass is 421 g/mol.